The number of hydrogen-bond donors (Lipinski definition) is 2. The van der Waals surface area contributed by atoms with E-state index in [4.69, 9.17) is 0 Å². The third-order valence-electron chi connectivity index (χ3n) is 3.39. The van der Waals surface area contributed by atoms with Crippen molar-refractivity contribution in [1.29, 1.82) is 0 Å². The Morgan fingerprint density at radius 1 is 1.40 bits per heavy atom. The van der Waals surface area contributed by atoms with Crippen molar-refractivity contribution in [3.05, 3.63) is 30.1 Å². The molecule has 0 aliphatic heterocycles. The minimum Gasteiger partial charge on any atom is -0.356 e. The number of aryl methyl sites for hydroxylation is 1. The Labute approximate surface area is 119 Å². The summed E-state index contributed by atoms with van der Waals surface area (Å²) in [6, 6.07) is 8.20. The van der Waals surface area contributed by atoms with Crippen molar-refractivity contribution in [1.82, 2.24) is 20.2 Å². The SMILES string of the molecule is CCNC(=O)CCNC(C)c1nc2ccccc2n1C. The number of imidazole rings is 1. The molecule has 1 aromatic heterocycles. The van der Waals surface area contributed by atoms with Crippen LogP contribution in [0, 0.1) is 0 Å². The van der Waals surface area contributed by atoms with Gasteiger partial charge in [0.25, 0.3) is 0 Å². The van der Waals surface area contributed by atoms with Crippen molar-refractivity contribution in [2.24, 2.45) is 7.05 Å². The lowest BCUT2D eigenvalue weighted by atomic mass is 10.3. The smallest absolute Gasteiger partial charge is 0.221 e. The summed E-state index contributed by atoms with van der Waals surface area (Å²) in [6.45, 7) is 5.32. The first kappa shape index (κ1) is 14.5. The number of fused-ring (bicyclic) bond motifs is 1. The molecule has 108 valence electrons. The molecule has 0 bridgehead atoms. The Morgan fingerprint density at radius 3 is 2.85 bits per heavy atom. The van der Waals surface area contributed by atoms with Gasteiger partial charge in [0.15, 0.2) is 0 Å². The van der Waals surface area contributed by atoms with Gasteiger partial charge in [-0.2, -0.15) is 0 Å². The van der Waals surface area contributed by atoms with E-state index in [0.717, 1.165) is 16.9 Å². The van der Waals surface area contributed by atoms with Crippen LogP contribution in [0.25, 0.3) is 11.0 Å². The number of nitrogens with zero attached hydrogens (tertiary/aromatic N) is 2. The Hall–Kier alpha value is -1.88. The normalized spacial score (nSPS) is 12.6. The molecule has 0 aliphatic rings. The predicted molar refractivity (Wildman–Crippen MR) is 80.4 cm³/mol. The van der Waals surface area contributed by atoms with Crippen LogP contribution >= 0.6 is 0 Å². The maximum atomic E-state index is 11.4. The second-order valence-corrected chi connectivity index (χ2v) is 4.90. The fourth-order valence-corrected chi connectivity index (χ4v) is 2.33. The summed E-state index contributed by atoms with van der Waals surface area (Å²) in [4.78, 5) is 16.0. The highest BCUT2D eigenvalue weighted by atomic mass is 16.1. The minimum atomic E-state index is 0.0807. The van der Waals surface area contributed by atoms with Crippen molar-refractivity contribution in [3.8, 4) is 0 Å². The van der Waals surface area contributed by atoms with E-state index in [9.17, 15) is 4.79 Å². The third kappa shape index (κ3) is 3.17. The number of carbonyl (C=O) groups excluding carboxylic acids is 1. The first-order valence-corrected chi connectivity index (χ1v) is 7.05. The van der Waals surface area contributed by atoms with Crippen LogP contribution in [0.3, 0.4) is 0 Å². The molecular formula is C15H22N4O. The van der Waals surface area contributed by atoms with Gasteiger partial charge in [-0.25, -0.2) is 4.98 Å². The zero-order chi connectivity index (χ0) is 14.5. The summed E-state index contributed by atoms with van der Waals surface area (Å²) in [5.74, 6) is 1.07. The van der Waals surface area contributed by atoms with Crippen LogP contribution in [0.15, 0.2) is 24.3 Å². The van der Waals surface area contributed by atoms with Gasteiger partial charge >= 0.3 is 0 Å². The number of benzene rings is 1. The molecule has 0 radical (unpaired) electrons. The van der Waals surface area contributed by atoms with E-state index in [-0.39, 0.29) is 11.9 Å². The van der Waals surface area contributed by atoms with Crippen LogP contribution in [0.4, 0.5) is 0 Å². The molecule has 1 aromatic carbocycles. The molecule has 1 unspecified atom stereocenters. The summed E-state index contributed by atoms with van der Waals surface area (Å²) in [5.41, 5.74) is 2.13. The van der Waals surface area contributed by atoms with E-state index < -0.39 is 0 Å². The summed E-state index contributed by atoms with van der Waals surface area (Å²) in [7, 11) is 2.02. The predicted octanol–water partition coefficient (Wildman–Crippen LogP) is 1.75. The second kappa shape index (κ2) is 6.52. The van der Waals surface area contributed by atoms with Gasteiger partial charge in [-0.05, 0) is 26.0 Å². The van der Waals surface area contributed by atoms with Gasteiger partial charge in [-0.3, -0.25) is 4.79 Å². The lowest BCUT2D eigenvalue weighted by molar-refractivity contribution is -0.120. The maximum Gasteiger partial charge on any atom is 0.221 e. The maximum absolute atomic E-state index is 11.4. The number of hydrogen-bond acceptors (Lipinski definition) is 3. The Bertz CT molecular complexity index is 591. The molecule has 2 aromatic rings. The molecule has 5 heteroatoms. The molecule has 1 heterocycles. The lowest BCUT2D eigenvalue weighted by Crippen LogP contribution is -2.29. The average Bonchev–Trinajstić information content (AvgIpc) is 2.77. The highest BCUT2D eigenvalue weighted by Gasteiger charge is 2.13. The Balaban J connectivity index is 1.99. The first-order valence-electron chi connectivity index (χ1n) is 7.05. The zero-order valence-corrected chi connectivity index (χ0v) is 12.3. The van der Waals surface area contributed by atoms with Gasteiger partial charge in [0.05, 0.1) is 17.1 Å². The molecule has 5 nitrogen and oxygen atoms in total. The van der Waals surface area contributed by atoms with Gasteiger partial charge in [-0.15, -0.1) is 0 Å². The van der Waals surface area contributed by atoms with Gasteiger partial charge < -0.3 is 15.2 Å². The fraction of sp³-hybridized carbons (Fsp3) is 0.467. The molecule has 0 saturated carbocycles. The van der Waals surface area contributed by atoms with Crippen molar-refractivity contribution in [2.75, 3.05) is 13.1 Å². The first-order chi connectivity index (χ1) is 9.63. The number of para-hydroxylation sites is 2. The van der Waals surface area contributed by atoms with Crippen LogP contribution in [0.2, 0.25) is 0 Å². The molecule has 0 saturated heterocycles. The Kier molecular flexibility index (Phi) is 4.74. The van der Waals surface area contributed by atoms with Gasteiger partial charge in [0.1, 0.15) is 5.82 Å². The Morgan fingerprint density at radius 2 is 2.15 bits per heavy atom. The van der Waals surface area contributed by atoms with Crippen molar-refractivity contribution < 1.29 is 4.79 Å². The fourth-order valence-electron chi connectivity index (χ4n) is 2.33. The molecular weight excluding hydrogens is 252 g/mol. The molecule has 0 aliphatic carbocycles. The van der Waals surface area contributed by atoms with Crippen LogP contribution in [-0.2, 0) is 11.8 Å². The number of carbonyl (C=O) groups is 1. The highest BCUT2D eigenvalue weighted by molar-refractivity contribution is 5.76. The van der Waals surface area contributed by atoms with Crippen LogP contribution in [-0.4, -0.2) is 28.5 Å². The number of aromatic nitrogens is 2. The van der Waals surface area contributed by atoms with E-state index in [1.54, 1.807) is 0 Å². The van der Waals surface area contributed by atoms with Gasteiger partial charge in [-0.1, -0.05) is 12.1 Å². The zero-order valence-electron chi connectivity index (χ0n) is 12.3. The van der Waals surface area contributed by atoms with Gasteiger partial charge in [0.2, 0.25) is 5.91 Å². The summed E-state index contributed by atoms with van der Waals surface area (Å²) in [6.07, 6.45) is 0.488. The van der Waals surface area contributed by atoms with Crippen LogP contribution < -0.4 is 10.6 Å². The van der Waals surface area contributed by atoms with Crippen molar-refractivity contribution in [3.63, 3.8) is 0 Å². The quantitative estimate of drug-likeness (QED) is 0.843. The molecule has 0 spiro atoms. The van der Waals surface area contributed by atoms with Crippen LogP contribution in [0.1, 0.15) is 32.1 Å². The topological polar surface area (TPSA) is 59.0 Å². The molecule has 1 atom stereocenters. The van der Waals surface area contributed by atoms with E-state index in [0.29, 0.717) is 19.5 Å². The average molecular weight is 274 g/mol. The summed E-state index contributed by atoms with van der Waals surface area (Å²) >= 11 is 0. The number of rotatable bonds is 6. The van der Waals surface area contributed by atoms with E-state index in [2.05, 4.69) is 33.2 Å². The molecule has 2 N–H and O–H groups in total. The molecule has 0 fully saturated rings. The monoisotopic (exact) mass is 274 g/mol. The lowest BCUT2D eigenvalue weighted by Gasteiger charge is -2.13. The minimum absolute atomic E-state index is 0.0807. The third-order valence-corrected chi connectivity index (χ3v) is 3.39. The standard InChI is InChI=1S/C15H22N4O/c1-4-16-14(20)9-10-17-11(2)15-18-12-7-5-6-8-13(12)19(15)3/h5-8,11,17H,4,9-10H2,1-3H3,(H,16,20). The van der Waals surface area contributed by atoms with E-state index >= 15 is 0 Å². The van der Waals surface area contributed by atoms with E-state index in [1.807, 2.05) is 32.2 Å². The molecule has 2 rings (SSSR count). The number of amides is 1. The summed E-state index contributed by atoms with van der Waals surface area (Å²) in [5, 5.41) is 6.14. The highest BCUT2D eigenvalue weighted by Crippen LogP contribution is 2.18. The van der Waals surface area contributed by atoms with Crippen LogP contribution in [0.5, 0.6) is 0 Å². The van der Waals surface area contributed by atoms with Gasteiger partial charge in [0, 0.05) is 26.6 Å². The van der Waals surface area contributed by atoms with Crippen molar-refractivity contribution >= 4 is 16.9 Å². The molecule has 1 amide bonds. The van der Waals surface area contributed by atoms with E-state index in [1.165, 1.54) is 0 Å². The molecule has 20 heavy (non-hydrogen) atoms. The largest absolute Gasteiger partial charge is 0.356 e. The number of nitrogens with one attached hydrogen (secondary N) is 2. The van der Waals surface area contributed by atoms with Crippen molar-refractivity contribution in [2.45, 2.75) is 26.3 Å². The summed E-state index contributed by atoms with van der Waals surface area (Å²) < 4.78 is 2.10. The second-order valence-electron chi connectivity index (χ2n) is 4.90.